The van der Waals surface area contributed by atoms with Crippen LogP contribution in [0.3, 0.4) is 0 Å². The predicted molar refractivity (Wildman–Crippen MR) is 80.7 cm³/mol. The Balaban J connectivity index is 2.51. The molecule has 5 heteroatoms. The number of carbonyl (C=O) groups is 2. The van der Waals surface area contributed by atoms with E-state index in [-0.39, 0.29) is 18.4 Å². The summed E-state index contributed by atoms with van der Waals surface area (Å²) in [6.07, 6.45) is 0.946. The van der Waals surface area contributed by atoms with Crippen LogP contribution in [0.15, 0.2) is 24.3 Å². The van der Waals surface area contributed by atoms with Crippen LogP contribution < -0.4 is 5.32 Å². The second kappa shape index (κ2) is 8.59. The molecule has 0 unspecified atom stereocenters. The summed E-state index contributed by atoms with van der Waals surface area (Å²) in [6, 6.07) is 7.49. The number of halogens is 1. The maximum absolute atomic E-state index is 12.1. The number of amides is 2. The number of nitrogens with one attached hydrogen (secondary N) is 1. The summed E-state index contributed by atoms with van der Waals surface area (Å²) < 4.78 is 0. The molecule has 0 saturated heterocycles. The second-order valence-electron chi connectivity index (χ2n) is 4.45. The Morgan fingerprint density at radius 3 is 2.55 bits per heavy atom. The van der Waals surface area contributed by atoms with Gasteiger partial charge in [0.25, 0.3) is 0 Å². The summed E-state index contributed by atoms with van der Waals surface area (Å²) >= 11 is 6.06. The molecule has 1 aromatic carbocycles. The largest absolute Gasteiger partial charge is 0.355 e. The van der Waals surface area contributed by atoms with Gasteiger partial charge < -0.3 is 10.2 Å². The molecule has 1 aromatic rings. The molecular formula is C15H21ClN2O2. The van der Waals surface area contributed by atoms with E-state index in [1.165, 1.54) is 0 Å². The standard InChI is InChI=1S/C15H21ClN2O2/c1-3-17-14(19)11-18(4-2)15(20)10-9-12-7-5-6-8-13(12)16/h5-8H,3-4,9-11H2,1-2H3,(H,17,19). The summed E-state index contributed by atoms with van der Waals surface area (Å²) in [5.74, 6) is -0.154. The zero-order chi connectivity index (χ0) is 15.0. The molecule has 0 aromatic heterocycles. The van der Waals surface area contributed by atoms with Crippen molar-refractivity contribution in [2.45, 2.75) is 26.7 Å². The number of rotatable bonds is 7. The summed E-state index contributed by atoms with van der Waals surface area (Å²) in [4.78, 5) is 25.2. The number of likely N-dealkylation sites (N-methyl/N-ethyl adjacent to an activating group) is 2. The summed E-state index contributed by atoms with van der Waals surface area (Å²) in [7, 11) is 0. The highest BCUT2D eigenvalue weighted by atomic mass is 35.5. The zero-order valence-electron chi connectivity index (χ0n) is 12.0. The van der Waals surface area contributed by atoms with E-state index in [2.05, 4.69) is 5.32 Å². The normalized spacial score (nSPS) is 10.2. The molecule has 1 rings (SSSR count). The number of hydrogen-bond donors (Lipinski definition) is 1. The summed E-state index contributed by atoms with van der Waals surface area (Å²) in [5.41, 5.74) is 0.955. The minimum absolute atomic E-state index is 0.0290. The third-order valence-corrected chi connectivity index (χ3v) is 3.38. The third kappa shape index (κ3) is 5.21. The number of carbonyl (C=O) groups excluding carboxylic acids is 2. The van der Waals surface area contributed by atoms with E-state index in [0.29, 0.717) is 31.0 Å². The molecule has 0 aliphatic carbocycles. The van der Waals surface area contributed by atoms with Crippen molar-refractivity contribution in [3.63, 3.8) is 0 Å². The first-order chi connectivity index (χ1) is 9.58. The van der Waals surface area contributed by atoms with E-state index < -0.39 is 0 Å². The highest BCUT2D eigenvalue weighted by Gasteiger charge is 2.15. The molecule has 0 radical (unpaired) electrons. The molecule has 0 fully saturated rings. The van der Waals surface area contributed by atoms with Gasteiger partial charge >= 0.3 is 0 Å². The van der Waals surface area contributed by atoms with E-state index in [9.17, 15) is 9.59 Å². The van der Waals surface area contributed by atoms with Crippen LogP contribution in [-0.4, -0.2) is 36.3 Å². The van der Waals surface area contributed by atoms with Crippen LogP contribution in [0.25, 0.3) is 0 Å². The van der Waals surface area contributed by atoms with Gasteiger partial charge in [0.2, 0.25) is 11.8 Å². The summed E-state index contributed by atoms with van der Waals surface area (Å²) in [6.45, 7) is 4.94. The molecule has 0 bridgehead atoms. The molecule has 0 aliphatic heterocycles. The average molecular weight is 297 g/mol. The van der Waals surface area contributed by atoms with Crippen molar-refractivity contribution in [3.8, 4) is 0 Å². The van der Waals surface area contributed by atoms with Gasteiger partial charge in [-0.2, -0.15) is 0 Å². The number of nitrogens with zero attached hydrogens (tertiary/aromatic N) is 1. The van der Waals surface area contributed by atoms with Gasteiger partial charge in [0, 0.05) is 24.5 Å². The first-order valence-corrected chi connectivity index (χ1v) is 7.24. The maximum atomic E-state index is 12.1. The van der Waals surface area contributed by atoms with Crippen LogP contribution in [0, 0.1) is 0 Å². The van der Waals surface area contributed by atoms with Gasteiger partial charge in [-0.05, 0) is 31.9 Å². The minimum Gasteiger partial charge on any atom is -0.355 e. The first-order valence-electron chi connectivity index (χ1n) is 6.86. The Bertz CT molecular complexity index is 463. The molecule has 4 nitrogen and oxygen atoms in total. The van der Waals surface area contributed by atoms with E-state index in [4.69, 9.17) is 11.6 Å². The fraction of sp³-hybridized carbons (Fsp3) is 0.467. The summed E-state index contributed by atoms with van der Waals surface area (Å²) in [5, 5.41) is 3.37. The van der Waals surface area contributed by atoms with E-state index in [1.807, 2.05) is 38.1 Å². The maximum Gasteiger partial charge on any atom is 0.239 e. The lowest BCUT2D eigenvalue weighted by molar-refractivity contribution is -0.135. The van der Waals surface area contributed by atoms with Gasteiger partial charge in [-0.1, -0.05) is 29.8 Å². The van der Waals surface area contributed by atoms with Crippen molar-refractivity contribution < 1.29 is 9.59 Å². The van der Waals surface area contributed by atoms with E-state index >= 15 is 0 Å². The van der Waals surface area contributed by atoms with E-state index in [1.54, 1.807) is 4.90 Å². The first kappa shape index (κ1) is 16.5. The smallest absolute Gasteiger partial charge is 0.239 e. The van der Waals surface area contributed by atoms with Crippen LogP contribution in [0.1, 0.15) is 25.8 Å². The number of aryl methyl sites for hydroxylation is 1. The van der Waals surface area contributed by atoms with Gasteiger partial charge in [-0.3, -0.25) is 9.59 Å². The van der Waals surface area contributed by atoms with Gasteiger partial charge in [0.15, 0.2) is 0 Å². The zero-order valence-corrected chi connectivity index (χ0v) is 12.7. The molecule has 1 N–H and O–H groups in total. The lowest BCUT2D eigenvalue weighted by atomic mass is 10.1. The third-order valence-electron chi connectivity index (χ3n) is 3.01. The predicted octanol–water partition coefficient (Wildman–Crippen LogP) is 2.26. The number of hydrogen-bond acceptors (Lipinski definition) is 2. The van der Waals surface area contributed by atoms with Crippen molar-refractivity contribution in [2.75, 3.05) is 19.6 Å². The van der Waals surface area contributed by atoms with E-state index in [0.717, 1.165) is 5.56 Å². The second-order valence-corrected chi connectivity index (χ2v) is 4.86. The number of benzene rings is 1. The van der Waals surface area contributed by atoms with Crippen molar-refractivity contribution in [1.82, 2.24) is 10.2 Å². The average Bonchev–Trinajstić information content (AvgIpc) is 2.44. The van der Waals surface area contributed by atoms with Crippen LogP contribution >= 0.6 is 11.6 Å². The molecule has 0 heterocycles. The van der Waals surface area contributed by atoms with Gasteiger partial charge in [0.1, 0.15) is 0 Å². The monoisotopic (exact) mass is 296 g/mol. The molecule has 20 heavy (non-hydrogen) atoms. The Hall–Kier alpha value is -1.55. The van der Waals surface area contributed by atoms with Crippen molar-refractivity contribution in [2.24, 2.45) is 0 Å². The topological polar surface area (TPSA) is 49.4 Å². The Labute approximate surface area is 125 Å². The van der Waals surface area contributed by atoms with Crippen LogP contribution in [0.2, 0.25) is 5.02 Å². The molecule has 0 aliphatic rings. The van der Waals surface area contributed by atoms with Gasteiger partial charge in [-0.25, -0.2) is 0 Å². The fourth-order valence-corrected chi connectivity index (χ4v) is 2.13. The van der Waals surface area contributed by atoms with Crippen molar-refractivity contribution in [3.05, 3.63) is 34.9 Å². The van der Waals surface area contributed by atoms with Gasteiger partial charge in [0.05, 0.1) is 6.54 Å². The molecule has 2 amide bonds. The Morgan fingerprint density at radius 1 is 1.25 bits per heavy atom. The molecule has 0 atom stereocenters. The highest BCUT2D eigenvalue weighted by molar-refractivity contribution is 6.31. The Morgan fingerprint density at radius 2 is 1.95 bits per heavy atom. The van der Waals surface area contributed by atoms with Crippen LogP contribution in [-0.2, 0) is 16.0 Å². The van der Waals surface area contributed by atoms with Gasteiger partial charge in [-0.15, -0.1) is 0 Å². The molecule has 0 saturated carbocycles. The van der Waals surface area contributed by atoms with Crippen LogP contribution in [0.5, 0.6) is 0 Å². The Kier molecular flexibility index (Phi) is 7.09. The molecule has 0 spiro atoms. The quantitative estimate of drug-likeness (QED) is 0.839. The lowest BCUT2D eigenvalue weighted by Crippen LogP contribution is -2.40. The fourth-order valence-electron chi connectivity index (χ4n) is 1.90. The molecule has 110 valence electrons. The molecular weight excluding hydrogens is 276 g/mol. The highest BCUT2D eigenvalue weighted by Crippen LogP contribution is 2.16. The van der Waals surface area contributed by atoms with Crippen molar-refractivity contribution >= 4 is 23.4 Å². The van der Waals surface area contributed by atoms with Crippen molar-refractivity contribution in [1.29, 1.82) is 0 Å². The minimum atomic E-state index is -0.125. The lowest BCUT2D eigenvalue weighted by Gasteiger charge is -2.20. The SMILES string of the molecule is CCNC(=O)CN(CC)C(=O)CCc1ccccc1Cl. The van der Waals surface area contributed by atoms with Crippen LogP contribution in [0.4, 0.5) is 0 Å².